The molecule has 0 aliphatic carbocycles. The van der Waals surface area contributed by atoms with E-state index in [9.17, 15) is 0 Å². The van der Waals surface area contributed by atoms with Gasteiger partial charge in [0.25, 0.3) is 0 Å². The number of rotatable bonds is 2. The zero-order chi connectivity index (χ0) is 13.8. The Hall–Kier alpha value is -2.69. The predicted octanol–water partition coefficient (Wildman–Crippen LogP) is 3.41. The smallest absolute Gasteiger partial charge is 0.101 e. The summed E-state index contributed by atoms with van der Waals surface area (Å²) in [6.45, 7) is 0. The first kappa shape index (κ1) is 12.8. The molecule has 0 atom stereocenters. The average Bonchev–Trinajstić information content (AvgIpc) is 2.41. The minimum atomic E-state index is 0.319. The third kappa shape index (κ3) is 2.77. The second-order valence-electron chi connectivity index (χ2n) is 3.85. The van der Waals surface area contributed by atoms with Gasteiger partial charge < -0.3 is 11.1 Å². The van der Waals surface area contributed by atoms with Gasteiger partial charge >= 0.3 is 0 Å². The molecule has 92 valence electrons. The summed E-state index contributed by atoms with van der Waals surface area (Å²) >= 11 is 6.05. The van der Waals surface area contributed by atoms with Crippen molar-refractivity contribution in [3.05, 3.63) is 52.5 Å². The number of nitrogens with two attached hydrogens (primary N) is 1. The van der Waals surface area contributed by atoms with Gasteiger partial charge in [0.15, 0.2) is 0 Å². The molecule has 19 heavy (non-hydrogen) atoms. The number of halogens is 1. The molecule has 0 unspecified atom stereocenters. The highest BCUT2D eigenvalue weighted by Gasteiger charge is 2.05. The maximum atomic E-state index is 8.96. The monoisotopic (exact) mass is 268 g/mol. The molecule has 0 fully saturated rings. The van der Waals surface area contributed by atoms with Gasteiger partial charge in [-0.2, -0.15) is 10.5 Å². The molecule has 2 aromatic rings. The number of benzene rings is 2. The van der Waals surface area contributed by atoms with Gasteiger partial charge in [-0.1, -0.05) is 11.6 Å². The normalized spacial score (nSPS) is 9.42. The molecule has 0 saturated heterocycles. The van der Waals surface area contributed by atoms with Gasteiger partial charge in [0.05, 0.1) is 21.8 Å². The largest absolute Gasteiger partial charge is 0.399 e. The molecule has 0 aliphatic rings. The summed E-state index contributed by atoms with van der Waals surface area (Å²) in [4.78, 5) is 0. The van der Waals surface area contributed by atoms with Crippen molar-refractivity contribution in [2.75, 3.05) is 11.1 Å². The van der Waals surface area contributed by atoms with Crippen LogP contribution in [0.25, 0.3) is 0 Å². The van der Waals surface area contributed by atoms with E-state index in [0.717, 1.165) is 0 Å². The van der Waals surface area contributed by atoms with Gasteiger partial charge in [0.2, 0.25) is 0 Å². The average molecular weight is 269 g/mol. The fourth-order valence-electron chi connectivity index (χ4n) is 1.60. The van der Waals surface area contributed by atoms with Crippen LogP contribution in [0.15, 0.2) is 36.4 Å². The van der Waals surface area contributed by atoms with Gasteiger partial charge in [-0.05, 0) is 36.4 Å². The van der Waals surface area contributed by atoms with Gasteiger partial charge in [0.1, 0.15) is 12.1 Å². The Balaban J connectivity index is 2.34. The Kier molecular flexibility index (Phi) is 3.56. The molecule has 5 heteroatoms. The maximum Gasteiger partial charge on any atom is 0.101 e. The fourth-order valence-corrected chi connectivity index (χ4v) is 1.84. The highest BCUT2D eigenvalue weighted by molar-refractivity contribution is 6.33. The van der Waals surface area contributed by atoms with Crippen LogP contribution in [0.4, 0.5) is 17.1 Å². The molecule has 2 rings (SSSR count). The SMILES string of the molecule is N#Cc1ccc(Nc2ccc(N)cc2Cl)cc1C#N. The molecule has 0 heterocycles. The summed E-state index contributed by atoms with van der Waals surface area (Å²) in [5.74, 6) is 0. The highest BCUT2D eigenvalue weighted by Crippen LogP contribution is 2.28. The maximum absolute atomic E-state index is 8.96. The van der Waals surface area contributed by atoms with Gasteiger partial charge in [0, 0.05) is 11.4 Å². The van der Waals surface area contributed by atoms with E-state index in [-0.39, 0.29) is 0 Å². The number of nitriles is 2. The minimum Gasteiger partial charge on any atom is -0.399 e. The first-order valence-electron chi connectivity index (χ1n) is 5.40. The lowest BCUT2D eigenvalue weighted by Crippen LogP contribution is -1.94. The third-order valence-electron chi connectivity index (χ3n) is 2.53. The number of nitrogens with one attached hydrogen (secondary N) is 1. The van der Waals surface area contributed by atoms with E-state index in [1.807, 2.05) is 12.1 Å². The van der Waals surface area contributed by atoms with Crippen molar-refractivity contribution in [1.29, 1.82) is 10.5 Å². The lowest BCUT2D eigenvalue weighted by atomic mass is 10.1. The van der Waals surface area contributed by atoms with Crippen molar-refractivity contribution in [1.82, 2.24) is 0 Å². The second kappa shape index (κ2) is 5.30. The zero-order valence-electron chi connectivity index (χ0n) is 9.81. The van der Waals surface area contributed by atoms with Crippen molar-refractivity contribution in [3.8, 4) is 12.1 Å². The summed E-state index contributed by atoms with van der Waals surface area (Å²) < 4.78 is 0. The summed E-state index contributed by atoms with van der Waals surface area (Å²) in [5.41, 5.74) is 8.22. The fraction of sp³-hybridized carbons (Fsp3) is 0. The Morgan fingerprint density at radius 3 is 2.37 bits per heavy atom. The summed E-state index contributed by atoms with van der Waals surface area (Å²) in [6.07, 6.45) is 0. The topological polar surface area (TPSA) is 85.6 Å². The van der Waals surface area contributed by atoms with E-state index >= 15 is 0 Å². The summed E-state index contributed by atoms with van der Waals surface area (Å²) in [6, 6.07) is 14.0. The van der Waals surface area contributed by atoms with Crippen molar-refractivity contribution in [2.45, 2.75) is 0 Å². The quantitative estimate of drug-likeness (QED) is 0.817. The number of hydrogen-bond acceptors (Lipinski definition) is 4. The van der Waals surface area contributed by atoms with Crippen LogP contribution in [0.2, 0.25) is 5.02 Å². The number of anilines is 3. The van der Waals surface area contributed by atoms with Crippen LogP contribution in [-0.4, -0.2) is 0 Å². The van der Waals surface area contributed by atoms with E-state index in [0.29, 0.717) is 33.2 Å². The number of hydrogen-bond donors (Lipinski definition) is 2. The standard InChI is InChI=1S/C14H9ClN4/c15-13-6-11(18)2-4-14(13)19-12-3-1-9(7-16)10(5-12)8-17/h1-6,19H,18H2. The minimum absolute atomic E-state index is 0.319. The molecule has 4 nitrogen and oxygen atoms in total. The van der Waals surface area contributed by atoms with Crippen molar-refractivity contribution < 1.29 is 0 Å². The molecule has 3 N–H and O–H groups in total. The van der Waals surface area contributed by atoms with E-state index in [1.165, 1.54) is 0 Å². The Labute approximate surface area is 115 Å². The van der Waals surface area contributed by atoms with Crippen molar-refractivity contribution in [2.24, 2.45) is 0 Å². The van der Waals surface area contributed by atoms with Crippen LogP contribution in [0.5, 0.6) is 0 Å². The molecule has 0 aromatic heterocycles. The summed E-state index contributed by atoms with van der Waals surface area (Å²) in [5, 5.41) is 21.4. The highest BCUT2D eigenvalue weighted by atomic mass is 35.5. The van der Waals surface area contributed by atoms with Crippen LogP contribution in [0.1, 0.15) is 11.1 Å². The first-order chi connectivity index (χ1) is 9.13. The molecule has 0 radical (unpaired) electrons. The predicted molar refractivity (Wildman–Crippen MR) is 75.0 cm³/mol. The van der Waals surface area contributed by atoms with Crippen LogP contribution in [-0.2, 0) is 0 Å². The molecular weight excluding hydrogens is 260 g/mol. The third-order valence-corrected chi connectivity index (χ3v) is 2.85. The molecule has 0 saturated carbocycles. The van der Waals surface area contributed by atoms with Crippen LogP contribution < -0.4 is 11.1 Å². The van der Waals surface area contributed by atoms with Crippen LogP contribution in [0.3, 0.4) is 0 Å². The molecule has 2 aromatic carbocycles. The second-order valence-corrected chi connectivity index (χ2v) is 4.26. The van der Waals surface area contributed by atoms with Gasteiger partial charge in [-0.15, -0.1) is 0 Å². The first-order valence-corrected chi connectivity index (χ1v) is 5.78. The lowest BCUT2D eigenvalue weighted by Gasteiger charge is -2.09. The van der Waals surface area contributed by atoms with E-state index < -0.39 is 0 Å². The Bertz CT molecular complexity index is 710. The Morgan fingerprint density at radius 2 is 1.74 bits per heavy atom. The molecular formula is C14H9ClN4. The van der Waals surface area contributed by atoms with Crippen molar-refractivity contribution >= 4 is 28.7 Å². The Morgan fingerprint density at radius 1 is 1.00 bits per heavy atom. The van der Waals surface area contributed by atoms with E-state index in [4.69, 9.17) is 27.9 Å². The lowest BCUT2D eigenvalue weighted by molar-refractivity contribution is 1.42. The van der Waals surface area contributed by atoms with Crippen LogP contribution in [0, 0.1) is 22.7 Å². The molecule has 0 amide bonds. The zero-order valence-corrected chi connectivity index (χ0v) is 10.6. The van der Waals surface area contributed by atoms with E-state index in [1.54, 1.807) is 36.4 Å². The number of nitrogens with zero attached hydrogens (tertiary/aromatic N) is 2. The number of nitrogen functional groups attached to an aromatic ring is 1. The van der Waals surface area contributed by atoms with Gasteiger partial charge in [-0.3, -0.25) is 0 Å². The van der Waals surface area contributed by atoms with Crippen molar-refractivity contribution in [3.63, 3.8) is 0 Å². The van der Waals surface area contributed by atoms with Crippen LogP contribution >= 0.6 is 11.6 Å². The van der Waals surface area contributed by atoms with Gasteiger partial charge in [-0.25, -0.2) is 0 Å². The molecule has 0 aliphatic heterocycles. The summed E-state index contributed by atoms with van der Waals surface area (Å²) in [7, 11) is 0. The van der Waals surface area contributed by atoms with E-state index in [2.05, 4.69) is 5.32 Å². The molecule has 0 spiro atoms. The molecule has 0 bridgehead atoms.